The van der Waals surface area contributed by atoms with Gasteiger partial charge in [-0.25, -0.2) is 4.79 Å². The van der Waals surface area contributed by atoms with E-state index < -0.39 is 0 Å². The van der Waals surface area contributed by atoms with Crippen LogP contribution >= 0.6 is 0 Å². The summed E-state index contributed by atoms with van der Waals surface area (Å²) in [6.45, 7) is 5.37. The Balaban J connectivity index is 2.33. The van der Waals surface area contributed by atoms with Gasteiger partial charge in [0, 0.05) is 19.2 Å². The fraction of sp³-hybridized carbons (Fsp3) is 0.500. The largest absolute Gasteiger partial charge is 0.462 e. The molecule has 0 radical (unpaired) electrons. The molecule has 0 unspecified atom stereocenters. The van der Waals surface area contributed by atoms with E-state index in [0.717, 1.165) is 43.5 Å². The lowest BCUT2D eigenvalue weighted by molar-refractivity contribution is 0.0526. The number of allylic oxidation sites excluding steroid dienone is 2. The number of nitrogens with zero attached hydrogens (tertiary/aromatic N) is 1. The van der Waals surface area contributed by atoms with Gasteiger partial charge in [-0.3, -0.25) is 0 Å². The second-order valence-electron chi connectivity index (χ2n) is 6.45. The van der Waals surface area contributed by atoms with E-state index in [-0.39, 0.29) is 5.97 Å². The smallest absolute Gasteiger partial charge is 0.338 e. The topological polar surface area (TPSA) is 29.5 Å². The first-order valence-corrected chi connectivity index (χ1v) is 9.39. The molecular formula is C22H29NO2. The van der Waals surface area contributed by atoms with Crippen molar-refractivity contribution in [3.8, 4) is 11.8 Å². The highest BCUT2D eigenvalue weighted by molar-refractivity contribution is 5.90. The molecule has 0 saturated heterocycles. The first-order valence-electron chi connectivity index (χ1n) is 9.39. The van der Waals surface area contributed by atoms with Crippen molar-refractivity contribution >= 4 is 11.7 Å². The van der Waals surface area contributed by atoms with Gasteiger partial charge in [-0.15, -0.1) is 0 Å². The zero-order valence-electron chi connectivity index (χ0n) is 15.7. The predicted octanol–water partition coefficient (Wildman–Crippen LogP) is 4.95. The lowest BCUT2D eigenvalue weighted by Gasteiger charge is -2.21. The van der Waals surface area contributed by atoms with Crippen molar-refractivity contribution in [2.24, 2.45) is 0 Å². The minimum absolute atomic E-state index is 0.287. The summed E-state index contributed by atoms with van der Waals surface area (Å²) in [7, 11) is 2.08. The number of hydrogen-bond acceptors (Lipinski definition) is 3. The Morgan fingerprint density at radius 1 is 1.24 bits per heavy atom. The minimum Gasteiger partial charge on any atom is -0.462 e. The average molecular weight is 339 g/mol. The Kier molecular flexibility index (Phi) is 7.60. The van der Waals surface area contributed by atoms with Gasteiger partial charge in [-0.2, -0.15) is 0 Å². The summed E-state index contributed by atoms with van der Waals surface area (Å²) in [6, 6.07) is 5.69. The van der Waals surface area contributed by atoms with Crippen molar-refractivity contribution in [2.45, 2.75) is 52.4 Å². The zero-order chi connectivity index (χ0) is 18.1. The Morgan fingerprint density at radius 3 is 2.76 bits per heavy atom. The number of carbonyl (C=O) groups excluding carboxylic acids is 1. The monoisotopic (exact) mass is 339 g/mol. The Bertz CT molecular complexity index is 679. The van der Waals surface area contributed by atoms with Crippen molar-refractivity contribution in [2.75, 3.05) is 25.1 Å². The van der Waals surface area contributed by atoms with E-state index in [1.54, 1.807) is 0 Å². The summed E-state index contributed by atoms with van der Waals surface area (Å²) < 4.78 is 5.13. The van der Waals surface area contributed by atoms with E-state index in [9.17, 15) is 4.79 Å². The molecule has 0 N–H and O–H groups in total. The van der Waals surface area contributed by atoms with Crippen molar-refractivity contribution in [3.05, 3.63) is 41.0 Å². The second-order valence-corrected chi connectivity index (χ2v) is 6.45. The third-order valence-electron chi connectivity index (χ3n) is 4.41. The summed E-state index contributed by atoms with van der Waals surface area (Å²) in [5.41, 5.74) is 3.76. The number of benzene rings is 1. The number of unbranched alkanes of at least 4 members (excludes halogenated alkanes) is 1. The molecule has 3 nitrogen and oxygen atoms in total. The molecular weight excluding hydrogens is 310 g/mol. The SMILES string of the molecule is CCCCN(C)c1ccc(C(=O)OCC)cc1C#CC1=CCCCC1. The molecule has 1 aromatic carbocycles. The van der Waals surface area contributed by atoms with Crippen LogP contribution < -0.4 is 4.90 Å². The lowest BCUT2D eigenvalue weighted by atomic mass is 9.99. The summed E-state index contributed by atoms with van der Waals surface area (Å²) in [4.78, 5) is 14.3. The van der Waals surface area contributed by atoms with Crippen molar-refractivity contribution < 1.29 is 9.53 Å². The van der Waals surface area contributed by atoms with Crippen LogP contribution in [0.1, 0.15) is 68.3 Å². The van der Waals surface area contributed by atoms with Crippen LogP contribution in [0, 0.1) is 11.8 Å². The fourth-order valence-electron chi connectivity index (χ4n) is 2.93. The van der Waals surface area contributed by atoms with Crippen LogP contribution in [0.15, 0.2) is 29.8 Å². The predicted molar refractivity (Wildman–Crippen MR) is 104 cm³/mol. The molecule has 0 fully saturated rings. The van der Waals surface area contributed by atoms with E-state index in [4.69, 9.17) is 4.74 Å². The maximum atomic E-state index is 12.1. The third kappa shape index (κ3) is 5.67. The quantitative estimate of drug-likeness (QED) is 0.542. The van der Waals surface area contributed by atoms with Crippen LogP contribution in [-0.4, -0.2) is 26.2 Å². The second kappa shape index (κ2) is 9.93. The summed E-state index contributed by atoms with van der Waals surface area (Å²) in [5, 5.41) is 0. The van der Waals surface area contributed by atoms with Crippen molar-refractivity contribution in [1.29, 1.82) is 0 Å². The van der Waals surface area contributed by atoms with Crippen molar-refractivity contribution in [3.63, 3.8) is 0 Å². The van der Waals surface area contributed by atoms with E-state index in [1.165, 1.54) is 18.4 Å². The van der Waals surface area contributed by atoms with E-state index in [0.29, 0.717) is 12.2 Å². The first-order chi connectivity index (χ1) is 12.2. The number of carbonyl (C=O) groups is 1. The molecule has 2 rings (SSSR count). The third-order valence-corrected chi connectivity index (χ3v) is 4.41. The molecule has 1 aromatic rings. The molecule has 0 saturated carbocycles. The minimum atomic E-state index is -0.287. The molecule has 0 aromatic heterocycles. The number of esters is 1. The molecule has 3 heteroatoms. The molecule has 0 heterocycles. The van der Waals surface area contributed by atoms with Crippen LogP contribution in [0.2, 0.25) is 0 Å². The van der Waals surface area contributed by atoms with Crippen LogP contribution in [-0.2, 0) is 4.74 Å². The zero-order valence-corrected chi connectivity index (χ0v) is 15.7. The van der Waals surface area contributed by atoms with Gasteiger partial charge in [0.1, 0.15) is 0 Å². The first kappa shape index (κ1) is 19.1. The molecule has 25 heavy (non-hydrogen) atoms. The van der Waals surface area contributed by atoms with Crippen LogP contribution in [0.25, 0.3) is 0 Å². The summed E-state index contributed by atoms with van der Waals surface area (Å²) in [6.07, 6.45) is 9.18. The molecule has 1 aliphatic carbocycles. The Labute approximate surface area is 152 Å². The number of ether oxygens (including phenoxy) is 1. The van der Waals surface area contributed by atoms with Gasteiger partial charge in [0.25, 0.3) is 0 Å². The van der Waals surface area contributed by atoms with Gasteiger partial charge in [0.2, 0.25) is 0 Å². The number of rotatable bonds is 6. The van der Waals surface area contributed by atoms with Gasteiger partial charge in [0.15, 0.2) is 0 Å². The normalized spacial score (nSPS) is 13.5. The highest BCUT2D eigenvalue weighted by Gasteiger charge is 2.12. The molecule has 134 valence electrons. The Hall–Kier alpha value is -2.21. The summed E-state index contributed by atoms with van der Waals surface area (Å²) >= 11 is 0. The van der Waals surface area contributed by atoms with Gasteiger partial charge >= 0.3 is 5.97 Å². The average Bonchev–Trinajstić information content (AvgIpc) is 2.65. The highest BCUT2D eigenvalue weighted by Crippen LogP contribution is 2.22. The van der Waals surface area contributed by atoms with Gasteiger partial charge in [-0.1, -0.05) is 31.3 Å². The highest BCUT2D eigenvalue weighted by atomic mass is 16.5. The molecule has 0 spiro atoms. The van der Waals surface area contributed by atoms with E-state index in [1.807, 2.05) is 25.1 Å². The maximum absolute atomic E-state index is 12.1. The van der Waals surface area contributed by atoms with Crippen molar-refractivity contribution in [1.82, 2.24) is 0 Å². The van der Waals surface area contributed by atoms with E-state index >= 15 is 0 Å². The van der Waals surface area contributed by atoms with Crippen LogP contribution in [0.4, 0.5) is 5.69 Å². The molecule has 0 amide bonds. The van der Waals surface area contributed by atoms with Crippen LogP contribution in [0.5, 0.6) is 0 Å². The Morgan fingerprint density at radius 2 is 2.08 bits per heavy atom. The fourth-order valence-corrected chi connectivity index (χ4v) is 2.93. The molecule has 0 aliphatic heterocycles. The molecule has 1 aliphatic rings. The van der Waals surface area contributed by atoms with Gasteiger partial charge in [-0.05, 0) is 62.8 Å². The van der Waals surface area contributed by atoms with E-state index in [2.05, 4.69) is 36.8 Å². The van der Waals surface area contributed by atoms with Gasteiger partial charge < -0.3 is 9.64 Å². The number of hydrogen-bond donors (Lipinski definition) is 0. The lowest BCUT2D eigenvalue weighted by Crippen LogP contribution is -2.19. The van der Waals surface area contributed by atoms with Gasteiger partial charge in [0.05, 0.1) is 17.9 Å². The summed E-state index contributed by atoms with van der Waals surface area (Å²) in [5.74, 6) is 6.34. The molecule has 0 bridgehead atoms. The molecule has 0 atom stereocenters. The van der Waals surface area contributed by atoms with Crippen LogP contribution in [0.3, 0.4) is 0 Å². The maximum Gasteiger partial charge on any atom is 0.338 e. The number of anilines is 1. The standard InChI is InChI=1S/C22H29NO2/c1-4-6-16-23(3)21-15-14-20(22(24)25-5-2)17-19(21)13-12-18-10-8-7-9-11-18/h10,14-15,17H,4-9,11,16H2,1-3H3.